The van der Waals surface area contributed by atoms with Crippen LogP contribution in [0.25, 0.3) is 0 Å². The van der Waals surface area contributed by atoms with Gasteiger partial charge in [-0.1, -0.05) is 34.1 Å². The normalized spacial score (nSPS) is 16.1. The number of hydrogen-bond acceptors (Lipinski definition) is 4. The van der Waals surface area contributed by atoms with Gasteiger partial charge < -0.3 is 10.1 Å². The average Bonchev–Trinajstić information content (AvgIpc) is 2.63. The number of nitrogens with zero attached hydrogens (tertiary/aromatic N) is 1. The number of carbonyl (C=O) groups excluding carboxylic acids is 3. The predicted molar refractivity (Wildman–Crippen MR) is 105 cm³/mol. The van der Waals surface area contributed by atoms with Crippen LogP contribution in [-0.4, -0.2) is 36.8 Å². The van der Waals surface area contributed by atoms with Crippen molar-refractivity contribution in [3.63, 3.8) is 0 Å². The maximum Gasteiger partial charge on any atom is 0.268 e. The molecule has 0 aliphatic carbocycles. The number of hydrogen-bond donors (Lipinski definition) is 1. The maximum absolute atomic E-state index is 12.9. The molecule has 1 aliphatic heterocycles. The number of Topliss-reactive ketones (excluding diaryl/α,β-unsaturated/α-hetero) is 1. The number of nitrogens with one attached hydrogen (secondary N) is 1. The SMILES string of the molecule is CCCCNC(=O)CN1C(=O)C(C(C)C)Oc2ccc(C(=O)CCC)cc21. The Labute approximate surface area is 161 Å². The minimum atomic E-state index is -0.641. The Morgan fingerprint density at radius 2 is 1.96 bits per heavy atom. The third kappa shape index (κ3) is 5.08. The summed E-state index contributed by atoms with van der Waals surface area (Å²) in [6.07, 6.45) is 2.43. The van der Waals surface area contributed by atoms with Crippen molar-refractivity contribution in [2.24, 2.45) is 5.92 Å². The number of carbonyl (C=O) groups is 3. The standard InChI is InChI=1S/C21H30N2O4/c1-5-7-11-22-19(25)13-23-16-12-15(17(24)8-6-2)9-10-18(16)27-20(14(3)4)21(23)26/h9-10,12,14,20H,5-8,11,13H2,1-4H3,(H,22,25). The van der Waals surface area contributed by atoms with E-state index in [0.717, 1.165) is 19.3 Å². The molecule has 0 saturated heterocycles. The third-order valence-corrected chi connectivity index (χ3v) is 4.57. The Balaban J connectivity index is 2.32. The molecule has 6 heteroatoms. The number of unbranched alkanes of at least 4 members (excludes halogenated alkanes) is 1. The highest BCUT2D eigenvalue weighted by molar-refractivity contribution is 6.05. The highest BCUT2D eigenvalue weighted by Gasteiger charge is 2.37. The number of anilines is 1. The molecule has 27 heavy (non-hydrogen) atoms. The average molecular weight is 374 g/mol. The maximum atomic E-state index is 12.9. The zero-order chi connectivity index (χ0) is 20.0. The van der Waals surface area contributed by atoms with Crippen LogP contribution in [0.4, 0.5) is 5.69 Å². The highest BCUT2D eigenvalue weighted by atomic mass is 16.5. The number of rotatable bonds is 9. The van der Waals surface area contributed by atoms with Crippen LogP contribution in [0, 0.1) is 5.92 Å². The lowest BCUT2D eigenvalue weighted by atomic mass is 10.0. The lowest BCUT2D eigenvalue weighted by Crippen LogP contribution is -2.51. The quantitative estimate of drug-likeness (QED) is 0.531. The van der Waals surface area contributed by atoms with Crippen molar-refractivity contribution in [2.45, 2.75) is 59.5 Å². The van der Waals surface area contributed by atoms with Gasteiger partial charge in [-0.05, 0) is 37.0 Å². The molecule has 1 N–H and O–H groups in total. The fraction of sp³-hybridized carbons (Fsp3) is 0.571. The van der Waals surface area contributed by atoms with Crippen molar-refractivity contribution in [2.75, 3.05) is 18.0 Å². The molecule has 0 aromatic heterocycles. The molecule has 0 saturated carbocycles. The Hall–Kier alpha value is -2.37. The van der Waals surface area contributed by atoms with E-state index in [0.29, 0.717) is 30.0 Å². The second-order valence-corrected chi connectivity index (χ2v) is 7.27. The lowest BCUT2D eigenvalue weighted by molar-refractivity contribution is -0.130. The van der Waals surface area contributed by atoms with Gasteiger partial charge in [0, 0.05) is 18.5 Å². The van der Waals surface area contributed by atoms with Crippen LogP contribution in [0.3, 0.4) is 0 Å². The summed E-state index contributed by atoms with van der Waals surface area (Å²) in [5, 5.41) is 2.84. The van der Waals surface area contributed by atoms with Crippen molar-refractivity contribution in [1.82, 2.24) is 5.32 Å². The second kappa shape index (κ2) is 9.53. The van der Waals surface area contributed by atoms with Gasteiger partial charge >= 0.3 is 0 Å². The molecule has 1 aromatic carbocycles. The van der Waals surface area contributed by atoms with E-state index in [1.165, 1.54) is 4.90 Å². The Bertz CT molecular complexity index is 699. The lowest BCUT2D eigenvalue weighted by Gasteiger charge is -2.35. The molecule has 148 valence electrons. The molecule has 0 spiro atoms. The fourth-order valence-corrected chi connectivity index (χ4v) is 3.02. The molecule has 1 atom stereocenters. The van der Waals surface area contributed by atoms with Crippen LogP contribution in [0.1, 0.15) is 63.7 Å². The minimum Gasteiger partial charge on any atom is -0.478 e. The number of ether oxygens (including phenoxy) is 1. The summed E-state index contributed by atoms with van der Waals surface area (Å²) < 4.78 is 5.88. The van der Waals surface area contributed by atoms with Gasteiger partial charge in [-0.3, -0.25) is 19.3 Å². The van der Waals surface area contributed by atoms with Crippen molar-refractivity contribution < 1.29 is 19.1 Å². The van der Waals surface area contributed by atoms with Crippen molar-refractivity contribution in [3.05, 3.63) is 23.8 Å². The molecule has 6 nitrogen and oxygen atoms in total. The summed E-state index contributed by atoms with van der Waals surface area (Å²) >= 11 is 0. The minimum absolute atomic E-state index is 0.0195. The van der Waals surface area contributed by atoms with Crippen LogP contribution in [0.15, 0.2) is 18.2 Å². The summed E-state index contributed by atoms with van der Waals surface area (Å²) in [6.45, 7) is 8.33. The molecule has 1 aliphatic rings. The van der Waals surface area contributed by atoms with Crippen molar-refractivity contribution in [1.29, 1.82) is 0 Å². The number of benzene rings is 1. The number of fused-ring (bicyclic) bond motifs is 1. The van der Waals surface area contributed by atoms with E-state index < -0.39 is 6.10 Å². The zero-order valence-electron chi connectivity index (χ0n) is 16.7. The largest absolute Gasteiger partial charge is 0.478 e. The zero-order valence-corrected chi connectivity index (χ0v) is 16.7. The first-order valence-corrected chi connectivity index (χ1v) is 9.81. The van der Waals surface area contributed by atoms with Gasteiger partial charge in [0.1, 0.15) is 12.3 Å². The summed E-state index contributed by atoms with van der Waals surface area (Å²) in [5.74, 6) is 0.0622. The molecule has 0 fully saturated rings. The van der Waals surface area contributed by atoms with Gasteiger partial charge in [0.25, 0.3) is 5.91 Å². The first-order valence-electron chi connectivity index (χ1n) is 9.81. The topological polar surface area (TPSA) is 75.7 Å². The van der Waals surface area contributed by atoms with Gasteiger partial charge in [0.15, 0.2) is 11.9 Å². The van der Waals surface area contributed by atoms with E-state index in [9.17, 15) is 14.4 Å². The molecule has 1 unspecified atom stereocenters. The smallest absolute Gasteiger partial charge is 0.268 e. The van der Waals surface area contributed by atoms with Gasteiger partial charge in [-0.25, -0.2) is 0 Å². The fourth-order valence-electron chi connectivity index (χ4n) is 3.02. The Morgan fingerprint density at radius 1 is 1.22 bits per heavy atom. The van der Waals surface area contributed by atoms with Crippen LogP contribution < -0.4 is 15.0 Å². The van der Waals surface area contributed by atoms with Crippen LogP contribution in [0.2, 0.25) is 0 Å². The van der Waals surface area contributed by atoms with Crippen LogP contribution in [-0.2, 0) is 9.59 Å². The van der Waals surface area contributed by atoms with E-state index in [4.69, 9.17) is 4.74 Å². The number of ketones is 1. The molecule has 0 radical (unpaired) electrons. The van der Waals surface area contributed by atoms with Gasteiger partial charge in [0.05, 0.1) is 5.69 Å². The van der Waals surface area contributed by atoms with E-state index in [2.05, 4.69) is 12.2 Å². The van der Waals surface area contributed by atoms with Crippen molar-refractivity contribution in [3.8, 4) is 5.75 Å². The predicted octanol–water partition coefficient (Wildman–Crippen LogP) is 3.34. The molecule has 1 aromatic rings. The third-order valence-electron chi connectivity index (χ3n) is 4.57. The molecular weight excluding hydrogens is 344 g/mol. The van der Waals surface area contributed by atoms with Gasteiger partial charge in [-0.15, -0.1) is 0 Å². The van der Waals surface area contributed by atoms with E-state index in [1.54, 1.807) is 18.2 Å². The molecular formula is C21H30N2O4. The first kappa shape index (κ1) is 20.9. The monoisotopic (exact) mass is 374 g/mol. The first-order chi connectivity index (χ1) is 12.9. The number of amides is 2. The van der Waals surface area contributed by atoms with E-state index in [-0.39, 0.29) is 30.1 Å². The summed E-state index contributed by atoms with van der Waals surface area (Å²) in [5.41, 5.74) is 1.02. The summed E-state index contributed by atoms with van der Waals surface area (Å²) in [4.78, 5) is 39.0. The van der Waals surface area contributed by atoms with Gasteiger partial charge in [-0.2, -0.15) is 0 Å². The summed E-state index contributed by atoms with van der Waals surface area (Å²) in [7, 11) is 0. The summed E-state index contributed by atoms with van der Waals surface area (Å²) in [6, 6.07) is 5.12. The Kier molecular flexibility index (Phi) is 7.39. The van der Waals surface area contributed by atoms with Gasteiger partial charge in [0.2, 0.25) is 5.91 Å². The molecule has 0 bridgehead atoms. The molecule has 1 heterocycles. The van der Waals surface area contributed by atoms with E-state index >= 15 is 0 Å². The molecule has 2 amide bonds. The molecule has 2 rings (SSSR count). The van der Waals surface area contributed by atoms with Crippen LogP contribution in [0.5, 0.6) is 5.75 Å². The van der Waals surface area contributed by atoms with Crippen LogP contribution >= 0.6 is 0 Å². The Morgan fingerprint density at radius 3 is 2.59 bits per heavy atom. The van der Waals surface area contributed by atoms with E-state index in [1.807, 2.05) is 20.8 Å². The van der Waals surface area contributed by atoms with Crippen molar-refractivity contribution >= 4 is 23.3 Å². The second-order valence-electron chi connectivity index (χ2n) is 7.27. The highest BCUT2D eigenvalue weighted by Crippen LogP contribution is 2.36.